The number of ketones is 1. The minimum absolute atomic E-state index is 0.0105. The van der Waals surface area contributed by atoms with Crippen molar-refractivity contribution < 1.29 is 9.53 Å². The second-order valence-corrected chi connectivity index (χ2v) is 4.89. The molecule has 2 heteroatoms. The predicted molar refractivity (Wildman–Crippen MR) is 89.7 cm³/mol. The highest BCUT2D eigenvalue weighted by molar-refractivity contribution is 5.92. The van der Waals surface area contributed by atoms with E-state index < -0.39 is 0 Å². The van der Waals surface area contributed by atoms with Crippen LogP contribution >= 0.6 is 0 Å². The molecule has 110 valence electrons. The van der Waals surface area contributed by atoms with Crippen LogP contribution < -0.4 is 4.74 Å². The Morgan fingerprint density at radius 3 is 2.64 bits per heavy atom. The summed E-state index contributed by atoms with van der Waals surface area (Å²) >= 11 is 0. The maximum absolute atomic E-state index is 11.1. The molecule has 2 nitrogen and oxygen atoms in total. The van der Waals surface area contributed by atoms with Crippen LogP contribution in [0.2, 0.25) is 0 Å². The van der Waals surface area contributed by atoms with Gasteiger partial charge in [-0.3, -0.25) is 4.79 Å². The van der Waals surface area contributed by atoms with E-state index in [0.29, 0.717) is 6.61 Å². The summed E-state index contributed by atoms with van der Waals surface area (Å²) in [6.07, 6.45) is 3.31. The Labute approximate surface area is 131 Å². The Balaban J connectivity index is 2.09. The number of rotatable bonds is 4. The Bertz CT molecular complexity index is 731. The van der Waals surface area contributed by atoms with E-state index in [2.05, 4.69) is 11.8 Å². The van der Waals surface area contributed by atoms with E-state index in [9.17, 15) is 4.79 Å². The topological polar surface area (TPSA) is 26.3 Å². The lowest BCUT2D eigenvalue weighted by molar-refractivity contribution is -0.112. The van der Waals surface area contributed by atoms with Gasteiger partial charge in [0.15, 0.2) is 5.78 Å². The van der Waals surface area contributed by atoms with Crippen LogP contribution in [0.5, 0.6) is 5.75 Å². The molecule has 0 heterocycles. The van der Waals surface area contributed by atoms with Gasteiger partial charge in [0.25, 0.3) is 0 Å². The highest BCUT2D eigenvalue weighted by Crippen LogP contribution is 2.24. The molecule has 0 amide bonds. The molecule has 0 aromatic heterocycles. The minimum Gasteiger partial charge on any atom is -0.480 e. The van der Waals surface area contributed by atoms with Crippen LogP contribution in [0.1, 0.15) is 23.6 Å². The molecule has 0 fully saturated rings. The quantitative estimate of drug-likeness (QED) is 0.628. The summed E-state index contributed by atoms with van der Waals surface area (Å²) in [6.45, 7) is 3.81. The molecule has 22 heavy (non-hydrogen) atoms. The zero-order valence-electron chi connectivity index (χ0n) is 12.8. The van der Waals surface area contributed by atoms with E-state index in [0.717, 1.165) is 22.4 Å². The van der Waals surface area contributed by atoms with Gasteiger partial charge in [0.2, 0.25) is 0 Å². The van der Waals surface area contributed by atoms with Crippen LogP contribution in [0.3, 0.4) is 0 Å². The average molecular weight is 290 g/mol. The Kier molecular flexibility index (Phi) is 5.57. The predicted octanol–water partition coefficient (Wildman–Crippen LogP) is 4.03. The summed E-state index contributed by atoms with van der Waals surface area (Å²) in [4.78, 5) is 11.1. The van der Waals surface area contributed by atoms with Crippen molar-refractivity contribution in [2.24, 2.45) is 0 Å². The molecule has 0 radical (unpaired) electrons. The van der Waals surface area contributed by atoms with Crippen LogP contribution in [0.4, 0.5) is 0 Å². The highest BCUT2D eigenvalue weighted by atomic mass is 16.5. The maximum atomic E-state index is 11.1. The standard InChI is InChI=1S/C20H18O2/c1-16-8-6-12-19(14-13-17(2)21)20(16)22-15-7-11-18-9-4-3-5-10-18/h3-6,8-10,12-14H,15H2,1-2H3/b14-13+. The fourth-order valence-corrected chi connectivity index (χ4v) is 1.98. The molecule has 0 bridgehead atoms. The van der Waals surface area contributed by atoms with E-state index in [1.54, 1.807) is 6.08 Å². The molecule has 0 aliphatic heterocycles. The normalized spacial score (nSPS) is 10.1. The largest absolute Gasteiger partial charge is 0.480 e. The number of benzene rings is 2. The van der Waals surface area contributed by atoms with Crippen molar-refractivity contribution in [1.29, 1.82) is 0 Å². The van der Waals surface area contributed by atoms with Crippen molar-refractivity contribution in [2.45, 2.75) is 13.8 Å². The van der Waals surface area contributed by atoms with Gasteiger partial charge in [0.05, 0.1) is 0 Å². The van der Waals surface area contributed by atoms with Gasteiger partial charge in [0, 0.05) is 11.1 Å². The van der Waals surface area contributed by atoms with Gasteiger partial charge in [-0.25, -0.2) is 0 Å². The molecule has 2 aromatic carbocycles. The Hall–Kier alpha value is -2.79. The average Bonchev–Trinajstić information content (AvgIpc) is 2.52. The first-order valence-corrected chi connectivity index (χ1v) is 7.12. The lowest BCUT2D eigenvalue weighted by Crippen LogP contribution is -1.98. The first-order chi connectivity index (χ1) is 10.7. The van der Waals surface area contributed by atoms with Crippen molar-refractivity contribution in [3.05, 3.63) is 71.3 Å². The van der Waals surface area contributed by atoms with Gasteiger partial charge < -0.3 is 4.74 Å². The molecule has 0 aliphatic rings. The molecule has 0 saturated heterocycles. The first-order valence-electron chi connectivity index (χ1n) is 7.12. The van der Waals surface area contributed by atoms with E-state index in [1.807, 2.05) is 55.5 Å². The molecule has 0 N–H and O–H groups in total. The number of ether oxygens (including phenoxy) is 1. The van der Waals surface area contributed by atoms with E-state index >= 15 is 0 Å². The monoisotopic (exact) mass is 290 g/mol. The summed E-state index contributed by atoms with van der Waals surface area (Å²) in [5.74, 6) is 6.84. The minimum atomic E-state index is 0.0105. The molecule has 0 saturated carbocycles. The summed E-state index contributed by atoms with van der Waals surface area (Å²) in [6, 6.07) is 15.6. The van der Waals surface area contributed by atoms with E-state index in [-0.39, 0.29) is 5.78 Å². The Morgan fingerprint density at radius 2 is 1.91 bits per heavy atom. The number of hydrogen-bond donors (Lipinski definition) is 0. The molecule has 0 unspecified atom stereocenters. The van der Waals surface area contributed by atoms with Crippen LogP contribution in [-0.2, 0) is 4.79 Å². The van der Waals surface area contributed by atoms with Gasteiger partial charge >= 0.3 is 0 Å². The molecule has 0 spiro atoms. The van der Waals surface area contributed by atoms with Crippen molar-refractivity contribution >= 4 is 11.9 Å². The van der Waals surface area contributed by atoms with Gasteiger partial charge in [-0.1, -0.05) is 48.2 Å². The Morgan fingerprint density at radius 1 is 1.14 bits per heavy atom. The SMILES string of the molecule is CC(=O)/C=C/c1cccc(C)c1OCC#Cc1ccccc1. The zero-order chi connectivity index (χ0) is 15.8. The number of carbonyl (C=O) groups excluding carboxylic acids is 1. The van der Waals surface area contributed by atoms with E-state index in [4.69, 9.17) is 4.74 Å². The van der Waals surface area contributed by atoms with Crippen molar-refractivity contribution in [2.75, 3.05) is 6.61 Å². The molecule has 2 aromatic rings. The van der Waals surface area contributed by atoms with Crippen LogP contribution in [-0.4, -0.2) is 12.4 Å². The molecule has 2 rings (SSSR count). The van der Waals surface area contributed by atoms with Gasteiger partial charge in [-0.05, 0) is 43.7 Å². The number of aryl methyl sites for hydroxylation is 1. The fourth-order valence-electron chi connectivity index (χ4n) is 1.98. The number of para-hydroxylation sites is 1. The maximum Gasteiger partial charge on any atom is 0.152 e. The van der Waals surface area contributed by atoms with Crippen molar-refractivity contribution in [3.8, 4) is 17.6 Å². The van der Waals surface area contributed by atoms with Gasteiger partial charge in [-0.15, -0.1) is 0 Å². The lowest BCUT2D eigenvalue weighted by Gasteiger charge is -2.09. The third-order valence-corrected chi connectivity index (χ3v) is 3.04. The molecule has 0 atom stereocenters. The lowest BCUT2D eigenvalue weighted by atomic mass is 10.1. The fraction of sp³-hybridized carbons (Fsp3) is 0.150. The number of carbonyl (C=O) groups is 1. The van der Waals surface area contributed by atoms with Crippen molar-refractivity contribution in [1.82, 2.24) is 0 Å². The molecular formula is C20H18O2. The summed E-state index contributed by atoms with van der Waals surface area (Å²) in [5.41, 5.74) is 2.87. The third-order valence-electron chi connectivity index (χ3n) is 3.04. The third kappa shape index (κ3) is 4.64. The zero-order valence-corrected chi connectivity index (χ0v) is 12.8. The van der Waals surface area contributed by atoms with Crippen LogP contribution in [0, 0.1) is 18.8 Å². The second kappa shape index (κ2) is 7.85. The van der Waals surface area contributed by atoms with E-state index in [1.165, 1.54) is 13.0 Å². The van der Waals surface area contributed by atoms with Crippen LogP contribution in [0.15, 0.2) is 54.6 Å². The van der Waals surface area contributed by atoms with Crippen molar-refractivity contribution in [3.63, 3.8) is 0 Å². The van der Waals surface area contributed by atoms with Crippen LogP contribution in [0.25, 0.3) is 6.08 Å². The molecule has 0 aliphatic carbocycles. The smallest absolute Gasteiger partial charge is 0.152 e. The highest BCUT2D eigenvalue weighted by Gasteiger charge is 2.03. The summed E-state index contributed by atoms with van der Waals surface area (Å²) < 4.78 is 5.79. The first kappa shape index (κ1) is 15.6. The summed E-state index contributed by atoms with van der Waals surface area (Å²) in [5, 5.41) is 0. The number of hydrogen-bond acceptors (Lipinski definition) is 2. The van der Waals surface area contributed by atoms with Gasteiger partial charge in [-0.2, -0.15) is 0 Å². The molecular weight excluding hydrogens is 272 g/mol. The summed E-state index contributed by atoms with van der Waals surface area (Å²) in [7, 11) is 0. The van der Waals surface area contributed by atoms with Gasteiger partial charge in [0.1, 0.15) is 12.4 Å². The number of allylic oxidation sites excluding steroid dienone is 1. The second-order valence-electron chi connectivity index (χ2n) is 4.89.